The minimum absolute atomic E-state index is 0.384. The maximum absolute atomic E-state index is 12.6. The summed E-state index contributed by atoms with van der Waals surface area (Å²) in [6.07, 6.45) is 0. The number of nitrogens with one attached hydrogen (secondary N) is 2. The fourth-order valence-corrected chi connectivity index (χ4v) is 3.43. The average Bonchev–Trinajstić information content (AvgIpc) is 2.66. The molecular weight excluding hydrogens is 340 g/mol. The molecular formula is C18H18N2O4S. The normalized spacial score (nSPS) is 13.6. The first kappa shape index (κ1) is 17.2. The number of hydrogen-bond acceptors (Lipinski definition) is 5. The molecule has 0 spiro atoms. The van der Waals surface area contributed by atoms with Crippen LogP contribution in [-0.4, -0.2) is 32.2 Å². The lowest BCUT2D eigenvalue weighted by atomic mass is 10.1. The van der Waals surface area contributed by atoms with E-state index in [1.165, 1.54) is 18.8 Å². The Hall–Kier alpha value is -2.67. The molecule has 25 heavy (non-hydrogen) atoms. The lowest BCUT2D eigenvalue weighted by molar-refractivity contribution is -0.119. The number of rotatable bonds is 4. The number of benzene rings is 2. The number of thioether (sulfide) groups is 1. The number of carbonyl (C=O) groups is 2. The molecule has 0 unspecified atom stereocenters. The van der Waals surface area contributed by atoms with E-state index >= 15 is 0 Å². The average molecular weight is 358 g/mol. The van der Waals surface area contributed by atoms with Crippen molar-refractivity contribution in [3.8, 4) is 11.5 Å². The van der Waals surface area contributed by atoms with E-state index in [-0.39, 0.29) is 5.91 Å². The Kier molecular flexibility index (Phi) is 5.45. The lowest BCUT2D eigenvalue weighted by Crippen LogP contribution is -2.39. The van der Waals surface area contributed by atoms with E-state index in [4.69, 9.17) is 9.47 Å². The van der Waals surface area contributed by atoms with Crippen molar-refractivity contribution in [3.63, 3.8) is 0 Å². The zero-order valence-electron chi connectivity index (χ0n) is 13.7. The highest BCUT2D eigenvalue weighted by Crippen LogP contribution is 2.40. The molecule has 3 rings (SSSR count). The van der Waals surface area contributed by atoms with E-state index in [1.54, 1.807) is 0 Å². The second-order valence-electron chi connectivity index (χ2n) is 5.28. The second kappa shape index (κ2) is 7.94. The molecule has 2 N–H and O–H groups in total. The Morgan fingerprint density at radius 3 is 2.48 bits per heavy atom. The number of amides is 3. The fraction of sp³-hybridized carbons (Fsp3) is 0.222. The number of hydrogen-bond donors (Lipinski definition) is 2. The van der Waals surface area contributed by atoms with Gasteiger partial charge in [-0.2, -0.15) is 0 Å². The van der Waals surface area contributed by atoms with Crippen LogP contribution in [0.4, 0.5) is 4.79 Å². The molecule has 0 aliphatic carbocycles. The molecule has 130 valence electrons. The van der Waals surface area contributed by atoms with Crippen LogP contribution in [0.3, 0.4) is 0 Å². The first-order valence-electron chi connectivity index (χ1n) is 7.81. The number of fused-ring (bicyclic) bond motifs is 1. The van der Waals surface area contributed by atoms with Gasteiger partial charge in [0, 0.05) is 11.9 Å². The first-order chi connectivity index (χ1) is 12.2. The number of urea groups is 1. The largest absolute Gasteiger partial charge is 0.486 e. The van der Waals surface area contributed by atoms with Crippen LogP contribution in [0.1, 0.15) is 10.8 Å². The third kappa shape index (κ3) is 4.24. The van der Waals surface area contributed by atoms with Gasteiger partial charge >= 0.3 is 6.03 Å². The van der Waals surface area contributed by atoms with Gasteiger partial charge in [-0.25, -0.2) is 4.79 Å². The summed E-state index contributed by atoms with van der Waals surface area (Å²) in [5.74, 6) is 0.974. The predicted molar refractivity (Wildman–Crippen MR) is 95.1 cm³/mol. The van der Waals surface area contributed by atoms with Crippen LogP contribution in [0.15, 0.2) is 53.4 Å². The Labute approximate surface area is 149 Å². The topological polar surface area (TPSA) is 76.7 Å². The number of ether oxygens (including phenoxy) is 2. The van der Waals surface area contributed by atoms with Gasteiger partial charge in [0.2, 0.25) is 5.91 Å². The molecule has 1 aliphatic rings. The van der Waals surface area contributed by atoms with E-state index < -0.39 is 11.3 Å². The molecule has 7 heteroatoms. The van der Waals surface area contributed by atoms with Gasteiger partial charge in [0.1, 0.15) is 18.5 Å². The van der Waals surface area contributed by atoms with Gasteiger partial charge in [-0.15, -0.1) is 11.8 Å². The van der Waals surface area contributed by atoms with Gasteiger partial charge in [0.25, 0.3) is 0 Å². The molecule has 0 radical (unpaired) electrons. The summed E-state index contributed by atoms with van der Waals surface area (Å²) in [6, 6.07) is 14.3. The van der Waals surface area contributed by atoms with Gasteiger partial charge in [-0.3, -0.25) is 10.1 Å². The van der Waals surface area contributed by atoms with Crippen molar-refractivity contribution in [2.75, 3.05) is 20.3 Å². The molecule has 0 bridgehead atoms. The second-order valence-corrected chi connectivity index (χ2v) is 6.46. The standard InChI is InChI=1S/C18H18N2O4S/c1-19-18(22)20-17(21)16(12-5-3-2-4-6-12)25-13-7-8-14-15(11-13)24-10-9-23-14/h2-8,11,16H,9-10H2,1H3,(H2,19,20,21,22)/t16-/m0/s1. The van der Waals surface area contributed by atoms with Crippen LogP contribution < -0.4 is 20.1 Å². The highest BCUT2D eigenvalue weighted by atomic mass is 32.2. The monoisotopic (exact) mass is 358 g/mol. The molecule has 0 saturated heterocycles. The molecule has 0 aromatic heterocycles. The summed E-state index contributed by atoms with van der Waals surface area (Å²) in [6.45, 7) is 1.03. The van der Waals surface area contributed by atoms with Crippen LogP contribution in [0.2, 0.25) is 0 Å². The predicted octanol–water partition coefficient (Wildman–Crippen LogP) is 2.75. The Balaban J connectivity index is 1.84. The van der Waals surface area contributed by atoms with Gasteiger partial charge < -0.3 is 14.8 Å². The third-order valence-electron chi connectivity index (χ3n) is 3.57. The summed E-state index contributed by atoms with van der Waals surface area (Å²) < 4.78 is 11.1. The highest BCUT2D eigenvalue weighted by molar-refractivity contribution is 8.00. The summed E-state index contributed by atoms with van der Waals surface area (Å²) in [7, 11) is 1.47. The van der Waals surface area contributed by atoms with E-state index in [1.807, 2.05) is 48.5 Å². The van der Waals surface area contributed by atoms with Crippen LogP contribution >= 0.6 is 11.8 Å². The Morgan fingerprint density at radius 2 is 1.76 bits per heavy atom. The summed E-state index contributed by atoms with van der Waals surface area (Å²) >= 11 is 1.35. The number of imide groups is 1. The molecule has 1 atom stereocenters. The Morgan fingerprint density at radius 1 is 1.04 bits per heavy atom. The lowest BCUT2D eigenvalue weighted by Gasteiger charge is -2.20. The van der Waals surface area contributed by atoms with Crippen molar-refractivity contribution in [3.05, 3.63) is 54.1 Å². The van der Waals surface area contributed by atoms with Gasteiger partial charge in [0.15, 0.2) is 11.5 Å². The quantitative estimate of drug-likeness (QED) is 0.822. The first-order valence-corrected chi connectivity index (χ1v) is 8.69. The molecule has 3 amide bonds. The van der Waals surface area contributed by atoms with Crippen molar-refractivity contribution >= 4 is 23.7 Å². The van der Waals surface area contributed by atoms with Gasteiger partial charge in [0.05, 0.1) is 0 Å². The Bertz CT molecular complexity index is 767. The molecule has 0 saturated carbocycles. The maximum Gasteiger partial charge on any atom is 0.321 e. The SMILES string of the molecule is CNC(=O)NC(=O)[C@@H](Sc1ccc2c(c1)OCCO2)c1ccccc1. The van der Waals surface area contributed by atoms with Crippen LogP contribution in [0.5, 0.6) is 11.5 Å². The van der Waals surface area contributed by atoms with Crippen molar-refractivity contribution in [1.29, 1.82) is 0 Å². The van der Waals surface area contributed by atoms with Gasteiger partial charge in [-0.05, 0) is 23.8 Å². The summed E-state index contributed by atoms with van der Waals surface area (Å²) in [5.41, 5.74) is 0.809. The fourth-order valence-electron chi connectivity index (χ4n) is 2.37. The summed E-state index contributed by atoms with van der Waals surface area (Å²) in [4.78, 5) is 24.9. The maximum atomic E-state index is 12.6. The highest BCUT2D eigenvalue weighted by Gasteiger charge is 2.24. The van der Waals surface area contributed by atoms with E-state index in [0.717, 1.165) is 10.5 Å². The van der Waals surface area contributed by atoms with E-state index in [9.17, 15) is 9.59 Å². The zero-order valence-corrected chi connectivity index (χ0v) is 14.5. The number of carbonyl (C=O) groups excluding carboxylic acids is 2. The molecule has 2 aromatic rings. The molecule has 1 heterocycles. The third-order valence-corrected chi connectivity index (χ3v) is 4.82. The van der Waals surface area contributed by atoms with Crippen LogP contribution in [0.25, 0.3) is 0 Å². The van der Waals surface area contributed by atoms with Crippen molar-refractivity contribution in [1.82, 2.24) is 10.6 Å². The van der Waals surface area contributed by atoms with Crippen LogP contribution in [-0.2, 0) is 4.79 Å². The summed E-state index contributed by atoms with van der Waals surface area (Å²) in [5, 5.41) is 4.17. The molecule has 1 aliphatic heterocycles. The van der Waals surface area contributed by atoms with Crippen molar-refractivity contribution in [2.24, 2.45) is 0 Å². The van der Waals surface area contributed by atoms with E-state index in [2.05, 4.69) is 10.6 Å². The molecule has 0 fully saturated rings. The van der Waals surface area contributed by atoms with Crippen molar-refractivity contribution in [2.45, 2.75) is 10.1 Å². The smallest absolute Gasteiger partial charge is 0.321 e. The molecule has 6 nitrogen and oxygen atoms in total. The molecule has 2 aromatic carbocycles. The minimum atomic E-state index is -0.568. The zero-order chi connectivity index (χ0) is 17.6. The van der Waals surface area contributed by atoms with Crippen LogP contribution in [0, 0.1) is 0 Å². The van der Waals surface area contributed by atoms with Crippen molar-refractivity contribution < 1.29 is 19.1 Å². The minimum Gasteiger partial charge on any atom is -0.486 e. The van der Waals surface area contributed by atoms with E-state index in [0.29, 0.717) is 24.7 Å². The van der Waals surface area contributed by atoms with Gasteiger partial charge in [-0.1, -0.05) is 30.3 Å².